The van der Waals surface area contributed by atoms with Gasteiger partial charge in [-0.2, -0.15) is 13.2 Å². The highest BCUT2D eigenvalue weighted by atomic mass is 19.4. The number of carbonyl (C=O) groups excluding carboxylic acids is 1. The number of para-hydroxylation sites is 1. The molecular formula is C24H25F3O4. The molecule has 2 saturated heterocycles. The molecule has 0 spiro atoms. The first-order chi connectivity index (χ1) is 14.5. The van der Waals surface area contributed by atoms with E-state index in [1.807, 2.05) is 20.8 Å². The maximum absolute atomic E-state index is 13.8. The van der Waals surface area contributed by atoms with Crippen molar-refractivity contribution in [3.63, 3.8) is 0 Å². The second-order valence-corrected chi connectivity index (χ2v) is 9.18. The summed E-state index contributed by atoms with van der Waals surface area (Å²) in [4.78, 5) is 12.6. The molecule has 7 heteroatoms. The van der Waals surface area contributed by atoms with Crippen LogP contribution in [0.25, 0.3) is 0 Å². The number of carbonyl (C=O) groups is 1. The van der Waals surface area contributed by atoms with Crippen molar-refractivity contribution in [3.8, 4) is 11.5 Å². The fourth-order valence-electron chi connectivity index (χ4n) is 4.54. The van der Waals surface area contributed by atoms with Crippen LogP contribution in [-0.2, 0) is 10.9 Å². The quantitative estimate of drug-likeness (QED) is 0.435. The normalized spacial score (nSPS) is 25.5. The average Bonchev–Trinajstić information content (AvgIpc) is 3.29. The maximum Gasteiger partial charge on any atom is 0.419 e. The highest BCUT2D eigenvalue weighted by Crippen LogP contribution is 2.54. The van der Waals surface area contributed by atoms with Gasteiger partial charge in [0, 0.05) is 11.8 Å². The Labute approximate surface area is 179 Å². The molecule has 2 aromatic carbocycles. The van der Waals surface area contributed by atoms with Gasteiger partial charge in [-0.05, 0) is 43.2 Å². The molecule has 3 atom stereocenters. The molecule has 2 aromatic rings. The first kappa shape index (κ1) is 21.7. The van der Waals surface area contributed by atoms with Crippen molar-refractivity contribution in [1.29, 1.82) is 0 Å². The Balaban J connectivity index is 1.71. The molecule has 0 aliphatic carbocycles. The van der Waals surface area contributed by atoms with Crippen LogP contribution in [0.2, 0.25) is 0 Å². The summed E-state index contributed by atoms with van der Waals surface area (Å²) in [7, 11) is 0. The number of ether oxygens (including phenoxy) is 3. The number of rotatable bonds is 4. The van der Waals surface area contributed by atoms with Gasteiger partial charge in [0.05, 0.1) is 23.3 Å². The topological polar surface area (TPSA) is 44.8 Å². The number of esters is 1. The highest BCUT2D eigenvalue weighted by molar-refractivity contribution is 5.91. The Hall–Kier alpha value is -2.54. The van der Waals surface area contributed by atoms with Gasteiger partial charge >= 0.3 is 12.1 Å². The zero-order valence-corrected chi connectivity index (χ0v) is 17.7. The van der Waals surface area contributed by atoms with E-state index in [0.29, 0.717) is 12.2 Å². The molecule has 2 fully saturated rings. The van der Waals surface area contributed by atoms with E-state index in [4.69, 9.17) is 14.2 Å². The van der Waals surface area contributed by atoms with Gasteiger partial charge in [0.15, 0.2) is 0 Å². The number of alkyl halides is 3. The van der Waals surface area contributed by atoms with Crippen LogP contribution in [0, 0.1) is 5.41 Å². The van der Waals surface area contributed by atoms with Crippen LogP contribution >= 0.6 is 0 Å². The predicted molar refractivity (Wildman–Crippen MR) is 108 cm³/mol. The Morgan fingerprint density at radius 3 is 2.32 bits per heavy atom. The molecule has 4 nitrogen and oxygen atoms in total. The van der Waals surface area contributed by atoms with Gasteiger partial charge in [-0.1, -0.05) is 39.0 Å². The third kappa shape index (κ3) is 4.03. The third-order valence-corrected chi connectivity index (χ3v) is 6.20. The number of hydrogen-bond acceptors (Lipinski definition) is 4. The van der Waals surface area contributed by atoms with Crippen molar-refractivity contribution < 1.29 is 32.2 Å². The Kier molecular flexibility index (Phi) is 5.28. The second kappa shape index (κ2) is 7.55. The van der Waals surface area contributed by atoms with Crippen molar-refractivity contribution in [2.45, 2.75) is 64.0 Å². The summed E-state index contributed by atoms with van der Waals surface area (Å²) >= 11 is 0. The zero-order valence-electron chi connectivity index (χ0n) is 17.7. The van der Waals surface area contributed by atoms with Gasteiger partial charge in [-0.3, -0.25) is 0 Å². The van der Waals surface area contributed by atoms with Crippen LogP contribution in [0.15, 0.2) is 48.5 Å². The van der Waals surface area contributed by atoms with Crippen molar-refractivity contribution in [2.75, 3.05) is 0 Å². The van der Waals surface area contributed by atoms with Crippen LogP contribution in [0.4, 0.5) is 13.2 Å². The van der Waals surface area contributed by atoms with E-state index in [2.05, 4.69) is 0 Å². The van der Waals surface area contributed by atoms with Crippen molar-refractivity contribution >= 4 is 5.97 Å². The molecule has 0 radical (unpaired) electrons. The van der Waals surface area contributed by atoms with Crippen LogP contribution in [-0.4, -0.2) is 23.8 Å². The SMILES string of the molecule is CC(C)(C)C1(Oc2cc(C(=O)Oc3ccccc3)ccc2C(F)(F)F)CC2CCC1O2. The minimum Gasteiger partial charge on any atom is -0.483 e. The molecule has 0 N–H and O–H groups in total. The van der Waals surface area contributed by atoms with Crippen LogP contribution in [0.3, 0.4) is 0 Å². The van der Waals surface area contributed by atoms with E-state index < -0.39 is 28.7 Å². The first-order valence-electron chi connectivity index (χ1n) is 10.3. The van der Waals surface area contributed by atoms with E-state index in [1.54, 1.807) is 30.3 Å². The Morgan fingerprint density at radius 2 is 1.77 bits per heavy atom. The summed E-state index contributed by atoms with van der Waals surface area (Å²) < 4.78 is 58.8. The molecule has 3 unspecified atom stereocenters. The van der Waals surface area contributed by atoms with Crippen molar-refractivity contribution in [2.24, 2.45) is 5.41 Å². The number of fused-ring (bicyclic) bond motifs is 2. The summed E-state index contributed by atoms with van der Waals surface area (Å²) in [5.74, 6) is -0.817. The molecule has 31 heavy (non-hydrogen) atoms. The van der Waals surface area contributed by atoms with Crippen LogP contribution in [0.5, 0.6) is 11.5 Å². The predicted octanol–water partition coefficient (Wildman–Crippen LogP) is 6.04. The summed E-state index contributed by atoms with van der Waals surface area (Å²) in [5.41, 5.74) is -2.33. The monoisotopic (exact) mass is 434 g/mol. The largest absolute Gasteiger partial charge is 0.483 e. The molecule has 0 aromatic heterocycles. The lowest BCUT2D eigenvalue weighted by Gasteiger charge is -2.46. The standard InChI is InChI=1S/C24H25F3O4/c1-22(2,3)23(14-17-10-12-20(23)29-17)31-19-13-15(9-11-18(19)24(25,26)27)21(28)30-16-7-5-4-6-8-16/h4-9,11,13,17,20H,10,12,14H2,1-3H3. The van der Waals surface area contributed by atoms with Gasteiger partial charge in [0.25, 0.3) is 0 Å². The summed E-state index contributed by atoms with van der Waals surface area (Å²) in [6.45, 7) is 5.83. The Bertz CT molecular complexity index is 965. The Morgan fingerprint density at radius 1 is 1.06 bits per heavy atom. The third-order valence-electron chi connectivity index (χ3n) is 6.20. The van der Waals surface area contributed by atoms with Gasteiger partial charge in [-0.15, -0.1) is 0 Å². The molecule has 0 amide bonds. The highest BCUT2D eigenvalue weighted by Gasteiger charge is 2.60. The van der Waals surface area contributed by atoms with Crippen molar-refractivity contribution in [3.05, 3.63) is 59.7 Å². The number of halogens is 3. The van der Waals surface area contributed by atoms with Crippen LogP contribution < -0.4 is 9.47 Å². The van der Waals surface area contributed by atoms with E-state index in [0.717, 1.165) is 31.0 Å². The van der Waals surface area contributed by atoms with Gasteiger partial charge < -0.3 is 14.2 Å². The molecule has 2 heterocycles. The second-order valence-electron chi connectivity index (χ2n) is 9.18. The fraction of sp³-hybridized carbons (Fsp3) is 0.458. The number of benzene rings is 2. The summed E-state index contributed by atoms with van der Waals surface area (Å²) in [6.07, 6.45) is -2.82. The maximum atomic E-state index is 13.8. The molecular weight excluding hydrogens is 409 g/mol. The lowest BCUT2D eigenvalue weighted by molar-refractivity contribution is -0.143. The summed E-state index contributed by atoms with van der Waals surface area (Å²) in [6, 6.07) is 11.5. The molecule has 4 rings (SSSR count). The summed E-state index contributed by atoms with van der Waals surface area (Å²) in [5, 5.41) is 0. The van der Waals surface area contributed by atoms with Gasteiger partial charge in [-0.25, -0.2) is 4.79 Å². The van der Waals surface area contributed by atoms with E-state index in [-0.39, 0.29) is 23.5 Å². The minimum atomic E-state index is -4.63. The molecule has 2 aliphatic heterocycles. The molecule has 2 aliphatic rings. The van der Waals surface area contributed by atoms with Crippen molar-refractivity contribution in [1.82, 2.24) is 0 Å². The van der Waals surface area contributed by atoms with E-state index >= 15 is 0 Å². The number of hydrogen-bond donors (Lipinski definition) is 0. The smallest absolute Gasteiger partial charge is 0.419 e. The molecule has 166 valence electrons. The van der Waals surface area contributed by atoms with E-state index in [1.165, 1.54) is 0 Å². The van der Waals surface area contributed by atoms with Gasteiger partial charge in [0.2, 0.25) is 0 Å². The zero-order chi connectivity index (χ0) is 22.4. The molecule has 2 bridgehead atoms. The van der Waals surface area contributed by atoms with E-state index in [9.17, 15) is 18.0 Å². The minimum absolute atomic E-state index is 0.0139. The first-order valence-corrected chi connectivity index (χ1v) is 10.3. The average molecular weight is 434 g/mol. The van der Waals surface area contributed by atoms with Gasteiger partial charge in [0.1, 0.15) is 17.1 Å². The molecule has 0 saturated carbocycles. The lowest BCUT2D eigenvalue weighted by atomic mass is 9.68. The lowest BCUT2D eigenvalue weighted by Crippen LogP contribution is -2.55. The van der Waals surface area contributed by atoms with Crippen LogP contribution in [0.1, 0.15) is 56.0 Å². The fourth-order valence-corrected chi connectivity index (χ4v) is 4.54.